The topological polar surface area (TPSA) is 182 Å². The van der Waals surface area contributed by atoms with Gasteiger partial charge in [-0.25, -0.2) is 18.3 Å². The first-order chi connectivity index (χ1) is 21.3. The fraction of sp³-hybridized carbons (Fsp3) is 0.571. The molecule has 2 aliphatic rings. The summed E-state index contributed by atoms with van der Waals surface area (Å²) < 4.78 is 74.9. The normalized spacial score (nSPS) is 27.6. The zero-order valence-corrected chi connectivity index (χ0v) is 26.0. The number of fused-ring (bicyclic) bond motifs is 1. The number of halogens is 2. The van der Waals surface area contributed by atoms with E-state index in [2.05, 4.69) is 20.0 Å². The number of imidazole rings is 1. The van der Waals surface area contributed by atoms with E-state index in [1.165, 1.54) is 19.1 Å². The highest BCUT2D eigenvalue weighted by molar-refractivity contribution is 7.52. The summed E-state index contributed by atoms with van der Waals surface area (Å²) in [5.74, 6) is -4.08. The second kappa shape index (κ2) is 13.1. The molecule has 1 saturated heterocycles. The number of aliphatic hydroxyl groups is 1. The minimum atomic E-state index is -4.58. The van der Waals surface area contributed by atoms with Crippen LogP contribution in [0.2, 0.25) is 0 Å². The van der Waals surface area contributed by atoms with Gasteiger partial charge in [0.25, 0.3) is 5.85 Å². The largest absolute Gasteiger partial charge is 0.476 e. The highest BCUT2D eigenvalue weighted by Crippen LogP contribution is 2.52. The number of hydrogen-bond acceptors (Lipinski definition) is 12. The zero-order chi connectivity index (χ0) is 32.4. The summed E-state index contributed by atoms with van der Waals surface area (Å²) in [6, 6.07) is 6.63. The Morgan fingerprint density at radius 3 is 2.64 bits per heavy atom. The minimum absolute atomic E-state index is 0.0221. The standard InChI is InChI=1S/C28H37F2N6O8P/c1-4-40-22-20-21(33-26(31)34-22)36(16-32-20)25-27(3,29)24(38)28(30,43-25)15-41-45(39,44-19-13-9-6-10-14-19)35-17(2)23(37)42-18-11-7-5-8-12-18/h6,9-10,13-14,16-18,24-25,38H,4-5,7-8,11-12,15H2,1-3H3,(H,35,39)(H2,31,33,34). The smallest absolute Gasteiger partial charge is 0.459 e. The van der Waals surface area contributed by atoms with Gasteiger partial charge in [0.05, 0.1) is 12.9 Å². The molecule has 17 heteroatoms. The molecule has 14 nitrogen and oxygen atoms in total. The summed E-state index contributed by atoms with van der Waals surface area (Å²) in [4.78, 5) is 25.0. The summed E-state index contributed by atoms with van der Waals surface area (Å²) in [7, 11) is -4.58. The third-order valence-electron chi connectivity index (χ3n) is 7.61. The Morgan fingerprint density at radius 2 is 1.96 bits per heavy atom. The van der Waals surface area contributed by atoms with Crippen molar-refractivity contribution < 1.29 is 46.5 Å². The number of anilines is 1. The lowest BCUT2D eigenvalue weighted by molar-refractivity contribution is -0.202. The van der Waals surface area contributed by atoms with Crippen molar-refractivity contribution >= 4 is 30.8 Å². The highest BCUT2D eigenvalue weighted by Gasteiger charge is 2.65. The average Bonchev–Trinajstić information content (AvgIpc) is 3.50. The van der Waals surface area contributed by atoms with Crippen LogP contribution in [-0.2, 0) is 23.4 Å². The second-order valence-corrected chi connectivity index (χ2v) is 12.9. The molecule has 3 aromatic rings. The summed E-state index contributed by atoms with van der Waals surface area (Å²) in [6.07, 6.45) is 0.910. The number of aliphatic hydroxyl groups excluding tert-OH is 1. The molecule has 1 aromatic carbocycles. The number of carbonyl (C=O) groups excluding carboxylic acids is 1. The Hall–Kier alpha value is -3.43. The Morgan fingerprint density at radius 1 is 1.24 bits per heavy atom. The maximum absolute atomic E-state index is 16.3. The van der Waals surface area contributed by atoms with Crippen molar-refractivity contribution in [2.45, 2.75) is 88.9 Å². The molecule has 6 unspecified atom stereocenters. The third-order valence-corrected chi connectivity index (χ3v) is 9.24. The fourth-order valence-corrected chi connectivity index (χ4v) is 6.81. The molecule has 4 N–H and O–H groups in total. The van der Waals surface area contributed by atoms with E-state index in [1.807, 2.05) is 0 Å². The highest BCUT2D eigenvalue weighted by atomic mass is 31.2. The van der Waals surface area contributed by atoms with Gasteiger partial charge in [-0.15, -0.1) is 0 Å². The first-order valence-electron chi connectivity index (χ1n) is 14.7. The molecule has 0 spiro atoms. The molecular weight excluding hydrogens is 617 g/mol. The number of nitrogens with zero attached hydrogens (tertiary/aromatic N) is 4. The number of nitrogens with two attached hydrogens (primary N) is 1. The predicted octanol–water partition coefficient (Wildman–Crippen LogP) is 4.15. The number of esters is 1. The van der Waals surface area contributed by atoms with Crippen molar-refractivity contribution in [2.24, 2.45) is 0 Å². The van der Waals surface area contributed by atoms with Gasteiger partial charge in [-0.05, 0) is 58.6 Å². The lowest BCUT2D eigenvalue weighted by atomic mass is 9.97. The number of hydrogen-bond donors (Lipinski definition) is 3. The van der Waals surface area contributed by atoms with Gasteiger partial charge in [0.2, 0.25) is 11.8 Å². The molecule has 0 radical (unpaired) electrons. The van der Waals surface area contributed by atoms with Gasteiger partial charge in [0.1, 0.15) is 24.5 Å². The van der Waals surface area contributed by atoms with Gasteiger partial charge in [0.15, 0.2) is 29.2 Å². The van der Waals surface area contributed by atoms with Gasteiger partial charge >= 0.3 is 13.7 Å². The first-order valence-corrected chi connectivity index (χ1v) is 16.2. The number of aromatic nitrogens is 4. The van der Waals surface area contributed by atoms with Gasteiger partial charge in [-0.2, -0.15) is 15.1 Å². The van der Waals surface area contributed by atoms with Crippen LogP contribution in [0.5, 0.6) is 11.6 Å². The molecule has 2 fully saturated rings. The molecule has 1 saturated carbocycles. The van der Waals surface area contributed by atoms with E-state index in [1.54, 1.807) is 25.1 Å². The number of para-hydroxylation sites is 1. The van der Waals surface area contributed by atoms with Crippen molar-refractivity contribution in [3.05, 3.63) is 36.7 Å². The number of benzene rings is 1. The van der Waals surface area contributed by atoms with Crippen molar-refractivity contribution in [1.82, 2.24) is 24.6 Å². The lowest BCUT2D eigenvalue weighted by Gasteiger charge is -2.28. The van der Waals surface area contributed by atoms with Crippen LogP contribution in [0.3, 0.4) is 0 Å². The molecule has 0 bridgehead atoms. The molecule has 1 aliphatic heterocycles. The summed E-state index contributed by atoms with van der Waals surface area (Å²) in [5.41, 5.74) is 3.07. The van der Waals surface area contributed by atoms with E-state index in [-0.39, 0.29) is 41.5 Å². The van der Waals surface area contributed by atoms with E-state index >= 15 is 8.78 Å². The molecule has 5 rings (SSSR count). The third kappa shape index (κ3) is 7.04. The first kappa shape index (κ1) is 32.9. The number of alkyl halides is 2. The van der Waals surface area contributed by atoms with Crippen molar-refractivity contribution in [3.63, 3.8) is 0 Å². The summed E-state index contributed by atoms with van der Waals surface area (Å²) in [6.45, 7) is 2.98. The molecule has 3 heterocycles. The predicted molar refractivity (Wildman–Crippen MR) is 157 cm³/mol. The van der Waals surface area contributed by atoms with E-state index in [0.29, 0.717) is 12.8 Å². The number of nitrogen functional groups attached to an aromatic ring is 1. The SMILES string of the molecule is CCOc1nc(N)nc2c1ncn2C1OC(F)(COP(=O)(NC(C)C(=O)OC2CCCCC2)Oc2ccccc2)C(O)C1(C)F. The number of carbonyl (C=O) groups is 1. The molecule has 2 aromatic heterocycles. The van der Waals surface area contributed by atoms with Crippen LogP contribution in [0.4, 0.5) is 14.7 Å². The maximum atomic E-state index is 16.3. The van der Waals surface area contributed by atoms with Crippen LogP contribution in [0, 0.1) is 0 Å². The fourth-order valence-electron chi connectivity index (χ4n) is 5.30. The number of ether oxygens (including phenoxy) is 3. The lowest BCUT2D eigenvalue weighted by Crippen LogP contribution is -2.47. The average molecular weight is 655 g/mol. The Bertz CT molecular complexity index is 1540. The molecule has 0 amide bonds. The van der Waals surface area contributed by atoms with Gasteiger partial charge in [0, 0.05) is 0 Å². The van der Waals surface area contributed by atoms with Crippen LogP contribution in [0.25, 0.3) is 11.2 Å². The Kier molecular flexibility index (Phi) is 9.61. The quantitative estimate of drug-likeness (QED) is 0.187. The molecule has 45 heavy (non-hydrogen) atoms. The number of nitrogens with one attached hydrogen (secondary N) is 1. The van der Waals surface area contributed by atoms with Crippen LogP contribution < -0.4 is 20.1 Å². The number of rotatable bonds is 12. The second-order valence-electron chi connectivity index (χ2n) is 11.2. The minimum Gasteiger partial charge on any atom is -0.476 e. The molecule has 1 aliphatic carbocycles. The van der Waals surface area contributed by atoms with E-state index < -0.39 is 50.2 Å². The van der Waals surface area contributed by atoms with E-state index in [0.717, 1.165) is 37.1 Å². The Balaban J connectivity index is 1.37. The van der Waals surface area contributed by atoms with Gasteiger partial charge in [-0.1, -0.05) is 24.6 Å². The van der Waals surface area contributed by atoms with E-state index in [4.69, 9.17) is 29.0 Å². The van der Waals surface area contributed by atoms with Crippen molar-refractivity contribution in [3.8, 4) is 11.6 Å². The molecule has 6 atom stereocenters. The Labute approximate surface area is 258 Å². The van der Waals surface area contributed by atoms with Crippen molar-refractivity contribution in [1.29, 1.82) is 0 Å². The monoisotopic (exact) mass is 654 g/mol. The molecule has 246 valence electrons. The van der Waals surface area contributed by atoms with E-state index in [9.17, 15) is 14.5 Å². The zero-order valence-electron chi connectivity index (χ0n) is 25.1. The van der Waals surface area contributed by atoms with Crippen LogP contribution in [-0.4, -0.2) is 73.6 Å². The van der Waals surface area contributed by atoms with Gasteiger partial charge < -0.3 is 29.6 Å². The van der Waals surface area contributed by atoms with Crippen LogP contribution in [0.1, 0.15) is 59.1 Å². The van der Waals surface area contributed by atoms with Crippen LogP contribution in [0.15, 0.2) is 36.7 Å². The van der Waals surface area contributed by atoms with Crippen LogP contribution >= 0.6 is 7.75 Å². The molecular formula is C28H37F2N6O8P. The van der Waals surface area contributed by atoms with Gasteiger partial charge in [-0.3, -0.25) is 13.9 Å². The van der Waals surface area contributed by atoms with Crippen molar-refractivity contribution in [2.75, 3.05) is 18.9 Å². The summed E-state index contributed by atoms with van der Waals surface area (Å²) in [5, 5.41) is 13.3. The summed E-state index contributed by atoms with van der Waals surface area (Å²) >= 11 is 0. The maximum Gasteiger partial charge on any atom is 0.459 e.